The monoisotopic (exact) mass is 593 g/mol. The van der Waals surface area contributed by atoms with E-state index in [4.69, 9.17) is 9.47 Å². The average molecular weight is 594 g/mol. The number of hydrogen-bond donors (Lipinski definition) is 1. The third-order valence-corrected chi connectivity index (χ3v) is 9.61. The Morgan fingerprint density at radius 1 is 1.23 bits per heavy atom. The number of rotatable bonds is 15. The summed E-state index contributed by atoms with van der Waals surface area (Å²) in [4.78, 5) is 45.9. The van der Waals surface area contributed by atoms with Crippen LogP contribution in [0.15, 0.2) is 49.6 Å². The number of carbonyl (C=O) groups excluding carboxylic acids is 3. The number of allylic oxidation sites excluding steroid dienone is 1. The molecule has 11 heteroatoms. The molecule has 43 heavy (non-hydrogen) atoms. The van der Waals surface area contributed by atoms with Crippen molar-refractivity contribution in [3.05, 3.63) is 49.6 Å². The largest absolute Gasteiger partial charge is 0.465 e. The van der Waals surface area contributed by atoms with Crippen LogP contribution in [0.4, 0.5) is 0 Å². The smallest absolute Gasteiger partial charge is 0.312 e. The van der Waals surface area contributed by atoms with E-state index in [2.05, 4.69) is 23.5 Å². The molecule has 3 saturated heterocycles. The number of aromatic nitrogens is 3. The maximum Gasteiger partial charge on any atom is 0.312 e. The van der Waals surface area contributed by atoms with Gasteiger partial charge in [-0.1, -0.05) is 43.3 Å². The molecule has 0 saturated carbocycles. The van der Waals surface area contributed by atoms with Crippen LogP contribution >= 0.6 is 0 Å². The van der Waals surface area contributed by atoms with Crippen LogP contribution in [0.1, 0.15) is 58.8 Å². The molecule has 6 atom stereocenters. The van der Waals surface area contributed by atoms with Gasteiger partial charge in [-0.3, -0.25) is 14.4 Å². The summed E-state index contributed by atoms with van der Waals surface area (Å²) in [5, 5.41) is 18.9. The standard InChI is InChI=1S/C32H43N5O6/c1-5-9-10-13-19-42-30(41)26-25-28(39)37(22(7-3)20-38)27(32(25)17-16-31(26,8-4)43-32)29(40)35(18-6-2)21-36-24-15-12-11-14-23(24)33-34-36/h5-6,11-12,14-15,22,25-27,38H,1-2,7-10,13,16-21H2,3-4H3/t22-,25-,26-,27?,31+,32?/m0/s1. The minimum Gasteiger partial charge on any atom is -0.465 e. The number of unbranched alkanes of at least 4 members (excludes halogenated alkanes) is 2. The first kappa shape index (κ1) is 30.9. The lowest BCUT2D eigenvalue weighted by atomic mass is 9.65. The molecule has 3 aliphatic heterocycles. The van der Waals surface area contributed by atoms with Crippen molar-refractivity contribution in [3.8, 4) is 0 Å². The summed E-state index contributed by atoms with van der Waals surface area (Å²) in [7, 11) is 0. The van der Waals surface area contributed by atoms with Crippen LogP contribution in [0.2, 0.25) is 0 Å². The van der Waals surface area contributed by atoms with E-state index in [9.17, 15) is 19.5 Å². The molecule has 11 nitrogen and oxygen atoms in total. The molecule has 1 spiro atoms. The van der Waals surface area contributed by atoms with Crippen LogP contribution in [0.25, 0.3) is 11.0 Å². The lowest BCUT2D eigenvalue weighted by Crippen LogP contribution is -2.59. The first-order valence-electron chi connectivity index (χ1n) is 15.4. The lowest BCUT2D eigenvalue weighted by molar-refractivity contribution is -0.164. The number of hydrogen-bond acceptors (Lipinski definition) is 8. The van der Waals surface area contributed by atoms with Gasteiger partial charge in [-0.25, -0.2) is 4.68 Å². The Bertz CT molecular complexity index is 1370. The normalized spacial score (nSPS) is 28.2. The highest BCUT2D eigenvalue weighted by atomic mass is 16.6. The number of nitrogens with zero attached hydrogens (tertiary/aromatic N) is 5. The second kappa shape index (κ2) is 12.6. The quantitative estimate of drug-likeness (QED) is 0.190. The zero-order valence-electron chi connectivity index (χ0n) is 25.2. The van der Waals surface area contributed by atoms with E-state index in [0.29, 0.717) is 37.6 Å². The van der Waals surface area contributed by atoms with Crippen molar-refractivity contribution >= 4 is 28.8 Å². The van der Waals surface area contributed by atoms with E-state index in [1.165, 1.54) is 4.90 Å². The Hall–Kier alpha value is -3.57. The van der Waals surface area contributed by atoms with E-state index in [1.807, 2.05) is 44.2 Å². The molecular weight excluding hydrogens is 550 g/mol. The number of amides is 2. The van der Waals surface area contributed by atoms with E-state index in [0.717, 1.165) is 18.4 Å². The Morgan fingerprint density at radius 2 is 2.02 bits per heavy atom. The third kappa shape index (κ3) is 5.06. The summed E-state index contributed by atoms with van der Waals surface area (Å²) in [6.07, 6.45) is 7.75. The fraction of sp³-hybridized carbons (Fsp3) is 0.594. The predicted octanol–water partition coefficient (Wildman–Crippen LogP) is 3.23. The van der Waals surface area contributed by atoms with Gasteiger partial charge in [-0.05, 0) is 57.1 Å². The topological polar surface area (TPSA) is 127 Å². The van der Waals surface area contributed by atoms with Crippen molar-refractivity contribution in [2.24, 2.45) is 11.8 Å². The highest BCUT2D eigenvalue weighted by molar-refractivity contribution is 5.98. The van der Waals surface area contributed by atoms with Crippen molar-refractivity contribution in [2.45, 2.75) is 88.7 Å². The van der Waals surface area contributed by atoms with Gasteiger partial charge in [-0.15, -0.1) is 18.3 Å². The van der Waals surface area contributed by atoms with Gasteiger partial charge in [0.1, 0.15) is 29.7 Å². The maximum atomic E-state index is 14.7. The highest BCUT2D eigenvalue weighted by Gasteiger charge is 2.79. The zero-order valence-corrected chi connectivity index (χ0v) is 25.2. The molecule has 1 aromatic carbocycles. The SMILES string of the molecule is C=CCCCCOC(=O)[C@@H]1[C@H]2C(=O)N([C@@H](CC)CO)C(C(=O)N(CC=C)Cn3nnc4ccccc43)C23CC[C@@]1(CC)O3. The minimum atomic E-state index is -1.22. The van der Waals surface area contributed by atoms with Crippen LogP contribution in [0.3, 0.4) is 0 Å². The summed E-state index contributed by atoms with van der Waals surface area (Å²) in [6.45, 7) is 11.6. The molecule has 2 bridgehead atoms. The summed E-state index contributed by atoms with van der Waals surface area (Å²) in [6, 6.07) is 5.83. The number of likely N-dealkylation sites (tertiary alicyclic amines) is 1. The summed E-state index contributed by atoms with van der Waals surface area (Å²) < 4.78 is 14.2. The number of para-hydroxylation sites is 1. The Morgan fingerprint density at radius 3 is 2.72 bits per heavy atom. The van der Waals surface area contributed by atoms with Gasteiger partial charge >= 0.3 is 5.97 Å². The predicted molar refractivity (Wildman–Crippen MR) is 159 cm³/mol. The Balaban J connectivity index is 1.51. The lowest BCUT2D eigenvalue weighted by Gasteiger charge is -2.39. The third-order valence-electron chi connectivity index (χ3n) is 9.61. The van der Waals surface area contributed by atoms with Gasteiger partial charge in [0.05, 0.1) is 36.3 Å². The molecule has 1 N–H and O–H groups in total. The van der Waals surface area contributed by atoms with Crippen molar-refractivity contribution in [1.82, 2.24) is 24.8 Å². The number of benzene rings is 1. The molecule has 0 aliphatic carbocycles. The zero-order chi connectivity index (χ0) is 30.8. The molecule has 5 rings (SSSR count). The molecule has 2 aromatic rings. The average Bonchev–Trinajstić information content (AvgIpc) is 3.74. The second-order valence-electron chi connectivity index (χ2n) is 11.8. The maximum absolute atomic E-state index is 14.7. The summed E-state index contributed by atoms with van der Waals surface area (Å²) in [5.74, 6) is -2.85. The number of aliphatic hydroxyl groups is 1. The van der Waals surface area contributed by atoms with E-state index in [-0.39, 0.29) is 38.2 Å². The number of ether oxygens (including phenoxy) is 2. The molecule has 232 valence electrons. The first-order valence-corrected chi connectivity index (χ1v) is 15.4. The number of fused-ring (bicyclic) bond motifs is 2. The number of carbonyl (C=O) groups is 3. The Kier molecular flexibility index (Phi) is 9.03. The van der Waals surface area contributed by atoms with Crippen molar-refractivity contribution in [1.29, 1.82) is 0 Å². The van der Waals surface area contributed by atoms with Gasteiger partial charge in [0.25, 0.3) is 0 Å². The van der Waals surface area contributed by atoms with Gasteiger partial charge in [0.15, 0.2) is 0 Å². The van der Waals surface area contributed by atoms with E-state index in [1.54, 1.807) is 15.7 Å². The highest BCUT2D eigenvalue weighted by Crippen LogP contribution is 2.65. The van der Waals surface area contributed by atoms with Crippen LogP contribution < -0.4 is 0 Å². The fourth-order valence-electron chi connectivity index (χ4n) is 7.48. The van der Waals surface area contributed by atoms with Gasteiger partial charge in [-0.2, -0.15) is 0 Å². The molecule has 2 unspecified atom stereocenters. The van der Waals surface area contributed by atoms with E-state index >= 15 is 0 Å². The molecule has 3 aliphatic rings. The van der Waals surface area contributed by atoms with Gasteiger partial charge in [0.2, 0.25) is 11.8 Å². The molecule has 1 aromatic heterocycles. The van der Waals surface area contributed by atoms with Crippen LogP contribution in [0, 0.1) is 11.8 Å². The summed E-state index contributed by atoms with van der Waals surface area (Å²) >= 11 is 0. The molecule has 2 amide bonds. The van der Waals surface area contributed by atoms with Crippen molar-refractivity contribution in [3.63, 3.8) is 0 Å². The number of esters is 1. The van der Waals surface area contributed by atoms with Gasteiger partial charge < -0.3 is 24.4 Å². The van der Waals surface area contributed by atoms with Crippen LogP contribution in [0.5, 0.6) is 0 Å². The fourth-order valence-corrected chi connectivity index (χ4v) is 7.48. The van der Waals surface area contributed by atoms with Crippen molar-refractivity contribution in [2.75, 3.05) is 19.8 Å². The van der Waals surface area contributed by atoms with Gasteiger partial charge in [0, 0.05) is 6.54 Å². The summed E-state index contributed by atoms with van der Waals surface area (Å²) in [5.41, 5.74) is -0.649. The van der Waals surface area contributed by atoms with Crippen molar-refractivity contribution < 1.29 is 29.0 Å². The first-order chi connectivity index (χ1) is 20.8. The Labute approximate surface area is 252 Å². The van der Waals surface area contributed by atoms with E-state index < -0.39 is 41.1 Å². The van der Waals surface area contributed by atoms with Crippen LogP contribution in [-0.2, 0) is 30.5 Å². The molecule has 4 heterocycles. The minimum absolute atomic E-state index is 0.0790. The second-order valence-corrected chi connectivity index (χ2v) is 11.8. The molecular formula is C32H43N5O6. The van der Waals surface area contributed by atoms with Crippen LogP contribution in [-0.4, -0.2) is 90.7 Å². The number of aliphatic hydroxyl groups excluding tert-OH is 1. The molecule has 3 fully saturated rings. The molecule has 0 radical (unpaired) electrons.